The summed E-state index contributed by atoms with van der Waals surface area (Å²) in [4.78, 5) is 9.01. The Hall–Kier alpha value is 0.273. The van der Waals surface area contributed by atoms with Gasteiger partial charge in [-0.05, 0) is 0 Å². The minimum Gasteiger partial charge on any atom is -0.548 e. The minimum absolute atomic E-state index is 0. The number of aliphatic carboxylic acids is 1. The fourth-order valence-electron chi connectivity index (χ4n) is 0. The Morgan fingerprint density at radius 1 is 1.71 bits per heavy atom. The topological polar surface area (TPSA) is 95.4 Å². The molecule has 0 unspecified atom stereocenters. The number of carboxylic acids is 1. The number of aliphatic hydroxyl groups is 1. The van der Waals surface area contributed by atoms with Crippen molar-refractivity contribution in [2.45, 2.75) is 0 Å². The van der Waals surface area contributed by atoms with E-state index in [0.717, 1.165) is 0 Å². The fourth-order valence-corrected chi connectivity index (χ4v) is 0. The number of carbonyl (C=O) groups is 1. The first-order valence-corrected chi connectivity index (χ1v) is 1.08. The van der Waals surface area contributed by atoms with Gasteiger partial charge >= 0.3 is 26.2 Å². The Balaban J connectivity index is -0.0000000800. The monoisotopic (exact) mass is 182 g/mol. The van der Waals surface area contributed by atoms with Crippen molar-refractivity contribution in [3.8, 4) is 0 Å². The molecule has 0 fully saturated rings. The third-order valence-corrected chi connectivity index (χ3v) is 0.129. The molecule has 0 aromatic heterocycles. The van der Waals surface area contributed by atoms with E-state index in [9.17, 15) is 0 Å². The van der Waals surface area contributed by atoms with Crippen LogP contribution in [0.5, 0.6) is 0 Å². The predicted octanol–water partition coefficient (Wildman–Crippen LogP) is -2.11. The van der Waals surface area contributed by atoms with Gasteiger partial charge in [-0.2, -0.15) is 0 Å². The molecule has 40 valence electrons. The number of hydrogen-bond donors (Lipinski definition) is 2. The quantitative estimate of drug-likeness (QED) is 0.486. The van der Waals surface area contributed by atoms with E-state index >= 15 is 0 Å². The van der Waals surface area contributed by atoms with Gasteiger partial charge in [-0.1, -0.05) is 0 Å². The predicted molar refractivity (Wildman–Crippen MR) is 17.1 cm³/mol. The van der Waals surface area contributed by atoms with Crippen LogP contribution in [0, 0.1) is 0 Å². The molecule has 0 aliphatic carbocycles. The Morgan fingerprint density at radius 2 is 1.86 bits per heavy atom. The zero-order valence-corrected chi connectivity index (χ0v) is 6.14. The number of carboxylic acid groups (broad SMARTS) is 1. The summed E-state index contributed by atoms with van der Waals surface area (Å²) in [7, 11) is 0. The molecule has 5 heteroatoms. The molecule has 0 bridgehead atoms. The molecular weight excluding hydrogens is 177 g/mol. The zero-order chi connectivity index (χ0) is 4.28. The molecule has 0 spiro atoms. The van der Waals surface area contributed by atoms with E-state index < -0.39 is 12.6 Å². The maximum Gasteiger partial charge on any atom is 2.00 e. The van der Waals surface area contributed by atoms with E-state index in [0.29, 0.717) is 0 Å². The summed E-state index contributed by atoms with van der Waals surface area (Å²) in [5.41, 5.74) is 0. The van der Waals surface area contributed by atoms with E-state index in [1.165, 1.54) is 0 Å². The van der Waals surface area contributed by atoms with Crippen LogP contribution in [0.15, 0.2) is 0 Å². The summed E-state index contributed by atoms with van der Waals surface area (Å²) >= 11 is 0. The van der Waals surface area contributed by atoms with Crippen LogP contribution in [0.2, 0.25) is 0 Å². The van der Waals surface area contributed by atoms with Crippen LogP contribution in [0.3, 0.4) is 0 Å². The molecule has 7 heavy (non-hydrogen) atoms. The average molecular weight is 183 g/mol. The van der Waals surface area contributed by atoms with Gasteiger partial charge in [0.2, 0.25) is 0 Å². The van der Waals surface area contributed by atoms with Crippen molar-refractivity contribution in [3.63, 3.8) is 0 Å². The molecular formula is C2H6NO3Zr+. The molecule has 0 saturated carbocycles. The van der Waals surface area contributed by atoms with Crippen molar-refractivity contribution >= 4 is 5.97 Å². The Kier molecular flexibility index (Phi) is 21.4. The minimum atomic E-state index is -1.44. The molecule has 0 radical (unpaired) electrons. The van der Waals surface area contributed by atoms with Crippen LogP contribution >= 0.6 is 0 Å². The van der Waals surface area contributed by atoms with Gasteiger partial charge in [-0.25, -0.2) is 0 Å². The summed E-state index contributed by atoms with van der Waals surface area (Å²) < 4.78 is 0. The maximum atomic E-state index is 9.01. The summed E-state index contributed by atoms with van der Waals surface area (Å²) in [6.45, 7) is -0.889. The number of aliphatic hydroxyl groups excluding tert-OH is 1. The summed E-state index contributed by atoms with van der Waals surface area (Å²) in [6, 6.07) is 0. The number of rotatable bonds is 1. The molecule has 0 amide bonds. The van der Waals surface area contributed by atoms with E-state index in [4.69, 9.17) is 15.0 Å². The third-order valence-electron chi connectivity index (χ3n) is 0.129. The molecule has 0 aliphatic heterocycles. The molecule has 4 N–H and O–H groups in total. The van der Waals surface area contributed by atoms with Gasteiger partial charge in [0.15, 0.2) is 0 Å². The third kappa shape index (κ3) is 22.2. The Bertz CT molecular complexity index is 48.2. The van der Waals surface area contributed by atoms with Crippen molar-refractivity contribution in [2.75, 3.05) is 6.61 Å². The zero-order valence-electron chi connectivity index (χ0n) is 3.68. The first-order chi connectivity index (χ1) is 2.27. The van der Waals surface area contributed by atoms with Crippen molar-refractivity contribution in [2.24, 2.45) is 0 Å². The van der Waals surface area contributed by atoms with Crippen LogP contribution in [0.1, 0.15) is 0 Å². The van der Waals surface area contributed by atoms with E-state index in [1.807, 2.05) is 0 Å². The first kappa shape index (κ1) is 15.7. The van der Waals surface area contributed by atoms with E-state index in [2.05, 4.69) is 0 Å². The standard InChI is InChI=1S/C2H4O3.H3N.Zr/c3-1-2(4)5;;/h3H,1H2,(H,4,5);1H3;/q;;+2/p-1. The van der Waals surface area contributed by atoms with Gasteiger partial charge in [-0.15, -0.1) is 0 Å². The van der Waals surface area contributed by atoms with Crippen LogP contribution in [-0.4, -0.2) is 17.7 Å². The van der Waals surface area contributed by atoms with Gasteiger partial charge in [-0.3, -0.25) is 0 Å². The van der Waals surface area contributed by atoms with Crippen molar-refractivity contribution in [1.29, 1.82) is 0 Å². The Morgan fingerprint density at radius 3 is 1.86 bits per heavy atom. The van der Waals surface area contributed by atoms with Gasteiger partial charge in [0.05, 0.1) is 12.6 Å². The molecule has 4 nitrogen and oxygen atoms in total. The average Bonchev–Trinajstić information content (AvgIpc) is 1.38. The first-order valence-electron chi connectivity index (χ1n) is 1.08. The van der Waals surface area contributed by atoms with E-state index in [-0.39, 0.29) is 32.4 Å². The molecule has 0 aliphatic rings. The SMILES string of the molecule is N.O=C([O-])CO.[Zr+2]. The second-order valence-electron chi connectivity index (χ2n) is 0.530. The fraction of sp³-hybridized carbons (Fsp3) is 0.500. The van der Waals surface area contributed by atoms with Gasteiger partial charge in [0.1, 0.15) is 0 Å². The van der Waals surface area contributed by atoms with Gasteiger partial charge in [0.25, 0.3) is 0 Å². The molecule has 0 aromatic carbocycles. The second-order valence-corrected chi connectivity index (χ2v) is 0.530. The summed E-state index contributed by atoms with van der Waals surface area (Å²) in [5, 5.41) is 16.5. The van der Waals surface area contributed by atoms with Crippen LogP contribution < -0.4 is 11.3 Å². The number of hydrogen-bond acceptors (Lipinski definition) is 4. The largest absolute Gasteiger partial charge is 2.00 e. The smallest absolute Gasteiger partial charge is 0.548 e. The molecule has 0 saturated heterocycles. The second kappa shape index (κ2) is 9.55. The van der Waals surface area contributed by atoms with Crippen LogP contribution in [0.25, 0.3) is 0 Å². The Labute approximate surface area is 60.2 Å². The summed E-state index contributed by atoms with van der Waals surface area (Å²) in [6.07, 6.45) is 0. The van der Waals surface area contributed by atoms with Crippen LogP contribution in [0.4, 0.5) is 0 Å². The van der Waals surface area contributed by atoms with Crippen molar-refractivity contribution in [1.82, 2.24) is 6.15 Å². The molecule has 0 aromatic rings. The van der Waals surface area contributed by atoms with Crippen molar-refractivity contribution in [3.05, 3.63) is 0 Å². The molecule has 0 rings (SSSR count). The van der Waals surface area contributed by atoms with E-state index in [1.54, 1.807) is 0 Å². The van der Waals surface area contributed by atoms with Gasteiger partial charge < -0.3 is 21.2 Å². The molecule has 0 heterocycles. The van der Waals surface area contributed by atoms with Crippen molar-refractivity contribution < 1.29 is 41.2 Å². The normalized spacial score (nSPS) is 5.29. The number of carbonyl (C=O) groups excluding carboxylic acids is 1. The summed E-state index contributed by atoms with van der Waals surface area (Å²) in [5.74, 6) is -1.44. The van der Waals surface area contributed by atoms with Gasteiger partial charge in [0, 0.05) is 0 Å². The van der Waals surface area contributed by atoms with Crippen LogP contribution in [-0.2, 0) is 31.0 Å². The maximum absolute atomic E-state index is 9.01. The molecule has 0 atom stereocenters.